The van der Waals surface area contributed by atoms with Crippen molar-refractivity contribution < 1.29 is 4.42 Å². The van der Waals surface area contributed by atoms with Gasteiger partial charge in [0.2, 0.25) is 5.89 Å². The number of nitrogens with one attached hydrogen (secondary N) is 1. The van der Waals surface area contributed by atoms with Gasteiger partial charge in [-0.3, -0.25) is 0 Å². The number of aromatic nitrogens is 4. The van der Waals surface area contributed by atoms with Crippen LogP contribution in [0.4, 0.5) is 5.82 Å². The smallest absolute Gasteiger partial charge is 0.282 e. The lowest BCUT2D eigenvalue weighted by atomic mass is 10.3. The van der Waals surface area contributed by atoms with Crippen LogP contribution in [0.25, 0.3) is 0 Å². The van der Waals surface area contributed by atoms with Gasteiger partial charge in [0.15, 0.2) is 0 Å². The Morgan fingerprint density at radius 1 is 1.28 bits per heavy atom. The van der Waals surface area contributed by atoms with Gasteiger partial charge in [0.05, 0.1) is 0 Å². The topological polar surface area (TPSA) is 103 Å². The quantitative estimate of drug-likeness (QED) is 0.487. The number of anilines is 1. The Hall–Kier alpha value is -1.67. The minimum atomic E-state index is 0.458. The number of nitrogens with two attached hydrogens (primary N) is 1. The highest BCUT2D eigenvalue weighted by atomic mass is 32.2. The van der Waals surface area contributed by atoms with Crippen LogP contribution in [0.5, 0.6) is 0 Å². The van der Waals surface area contributed by atoms with Crippen molar-refractivity contribution in [3.8, 4) is 0 Å². The van der Waals surface area contributed by atoms with E-state index < -0.39 is 0 Å². The molecule has 0 aliphatic rings. The Bertz CT molecular complexity index is 555. The first kappa shape index (κ1) is 12.8. The third-order valence-electron chi connectivity index (χ3n) is 2.29. The van der Waals surface area contributed by atoms with Gasteiger partial charge in [-0.1, -0.05) is 6.92 Å². The number of hydrogen-bond acceptors (Lipinski definition) is 8. The van der Waals surface area contributed by atoms with Gasteiger partial charge >= 0.3 is 0 Å². The summed E-state index contributed by atoms with van der Waals surface area (Å²) in [6.07, 6.45) is 0.728. The lowest BCUT2D eigenvalue weighted by Crippen LogP contribution is -2.13. The highest BCUT2D eigenvalue weighted by molar-refractivity contribution is 7.99. The van der Waals surface area contributed by atoms with E-state index in [0.717, 1.165) is 17.0 Å². The molecule has 0 bridgehead atoms. The normalized spacial score (nSPS) is 10.7. The molecule has 0 aromatic carbocycles. The van der Waals surface area contributed by atoms with Crippen LogP contribution in [0.3, 0.4) is 0 Å². The molecule has 0 spiro atoms. The zero-order valence-corrected chi connectivity index (χ0v) is 11.2. The molecule has 2 aromatic rings. The molecule has 18 heavy (non-hydrogen) atoms. The second kappa shape index (κ2) is 5.32. The van der Waals surface area contributed by atoms with E-state index >= 15 is 0 Å². The Labute approximate surface area is 109 Å². The molecule has 2 heterocycles. The first-order valence-corrected chi connectivity index (χ1v) is 6.27. The van der Waals surface area contributed by atoms with Gasteiger partial charge in [-0.05, 0) is 18.7 Å². The second-order valence-corrected chi connectivity index (χ2v) is 4.55. The lowest BCUT2D eigenvalue weighted by Gasteiger charge is -2.09. The lowest BCUT2D eigenvalue weighted by molar-refractivity contribution is 0.429. The molecule has 0 saturated carbocycles. The minimum absolute atomic E-state index is 0.458. The molecule has 0 amide bonds. The molecule has 2 aromatic heterocycles. The molecule has 0 unspecified atom stereocenters. The minimum Gasteiger partial charge on any atom is -0.416 e. The first-order valence-electron chi connectivity index (χ1n) is 5.46. The SMILES string of the molecule is CCc1nc(NN)c(C)c(Sc2nnc(C)o2)n1. The Balaban J connectivity index is 2.36. The molecule has 3 N–H and O–H groups in total. The van der Waals surface area contributed by atoms with Crippen molar-refractivity contribution in [2.45, 2.75) is 37.4 Å². The molecule has 96 valence electrons. The van der Waals surface area contributed by atoms with Crippen molar-refractivity contribution in [3.63, 3.8) is 0 Å². The summed E-state index contributed by atoms with van der Waals surface area (Å²) in [5, 5.41) is 8.92. The molecule has 2 rings (SSSR count). The van der Waals surface area contributed by atoms with E-state index in [9.17, 15) is 0 Å². The van der Waals surface area contributed by atoms with Gasteiger partial charge in [0, 0.05) is 18.9 Å². The van der Waals surface area contributed by atoms with E-state index in [0.29, 0.717) is 22.8 Å². The molecule has 0 radical (unpaired) electrons. The second-order valence-electron chi connectivity index (χ2n) is 3.61. The van der Waals surface area contributed by atoms with Gasteiger partial charge in [-0.2, -0.15) is 0 Å². The molecule has 8 heteroatoms. The van der Waals surface area contributed by atoms with Crippen LogP contribution < -0.4 is 11.3 Å². The van der Waals surface area contributed by atoms with Crippen molar-refractivity contribution in [2.24, 2.45) is 5.84 Å². The summed E-state index contributed by atoms with van der Waals surface area (Å²) < 4.78 is 5.32. The van der Waals surface area contributed by atoms with E-state index in [-0.39, 0.29) is 0 Å². The van der Waals surface area contributed by atoms with Crippen LogP contribution >= 0.6 is 11.8 Å². The number of nitrogen functional groups attached to an aromatic ring is 1. The summed E-state index contributed by atoms with van der Waals surface area (Å²) in [5.74, 6) is 7.29. The fourth-order valence-electron chi connectivity index (χ4n) is 1.34. The van der Waals surface area contributed by atoms with Gasteiger partial charge in [0.25, 0.3) is 5.22 Å². The van der Waals surface area contributed by atoms with Crippen LogP contribution in [0.1, 0.15) is 24.2 Å². The number of hydrogen-bond donors (Lipinski definition) is 2. The van der Waals surface area contributed by atoms with Crippen molar-refractivity contribution in [1.82, 2.24) is 20.2 Å². The fourth-order valence-corrected chi connectivity index (χ4v) is 2.15. The van der Waals surface area contributed by atoms with E-state index in [1.807, 2.05) is 13.8 Å². The van der Waals surface area contributed by atoms with Crippen LogP contribution in [-0.4, -0.2) is 20.2 Å². The van der Waals surface area contributed by atoms with Gasteiger partial charge in [-0.25, -0.2) is 15.8 Å². The number of aryl methyl sites for hydroxylation is 2. The Morgan fingerprint density at radius 3 is 2.61 bits per heavy atom. The molecular weight excluding hydrogens is 252 g/mol. The van der Waals surface area contributed by atoms with E-state index in [1.54, 1.807) is 6.92 Å². The molecule has 0 aliphatic carbocycles. The predicted octanol–water partition coefficient (Wildman–Crippen LogP) is 1.48. The third-order valence-corrected chi connectivity index (χ3v) is 3.22. The standard InChI is InChI=1S/C10H14N6OS/c1-4-7-12-8(14-11)5(2)9(13-7)18-10-16-15-6(3)17-10/h4,11H2,1-3H3,(H,12,13,14). The molecule has 0 saturated heterocycles. The van der Waals surface area contributed by atoms with Gasteiger partial charge < -0.3 is 9.84 Å². The van der Waals surface area contributed by atoms with Crippen LogP contribution in [-0.2, 0) is 6.42 Å². The van der Waals surface area contributed by atoms with Crippen LogP contribution in [0.15, 0.2) is 14.7 Å². The predicted molar refractivity (Wildman–Crippen MR) is 67.1 cm³/mol. The number of hydrazine groups is 1. The summed E-state index contributed by atoms with van der Waals surface area (Å²) in [7, 11) is 0. The fraction of sp³-hybridized carbons (Fsp3) is 0.400. The van der Waals surface area contributed by atoms with E-state index in [2.05, 4.69) is 25.6 Å². The Morgan fingerprint density at radius 2 is 2.06 bits per heavy atom. The zero-order chi connectivity index (χ0) is 13.1. The average molecular weight is 266 g/mol. The van der Waals surface area contributed by atoms with E-state index in [1.165, 1.54) is 11.8 Å². The first-order chi connectivity index (χ1) is 8.63. The molecule has 0 aliphatic heterocycles. The maximum atomic E-state index is 5.44. The molecule has 0 atom stereocenters. The molecule has 0 fully saturated rings. The summed E-state index contributed by atoms with van der Waals surface area (Å²) in [6, 6.07) is 0. The Kier molecular flexibility index (Phi) is 3.78. The van der Waals surface area contributed by atoms with Crippen molar-refractivity contribution in [3.05, 3.63) is 17.3 Å². The van der Waals surface area contributed by atoms with Crippen molar-refractivity contribution >= 4 is 17.6 Å². The average Bonchev–Trinajstić information content (AvgIpc) is 2.77. The van der Waals surface area contributed by atoms with Gasteiger partial charge in [-0.15, -0.1) is 10.2 Å². The number of nitrogens with zero attached hydrogens (tertiary/aromatic N) is 4. The maximum Gasteiger partial charge on any atom is 0.282 e. The van der Waals surface area contributed by atoms with Crippen molar-refractivity contribution in [1.29, 1.82) is 0 Å². The van der Waals surface area contributed by atoms with E-state index in [4.69, 9.17) is 10.3 Å². The molecule has 7 nitrogen and oxygen atoms in total. The highest BCUT2D eigenvalue weighted by Gasteiger charge is 2.13. The zero-order valence-electron chi connectivity index (χ0n) is 10.4. The summed E-state index contributed by atoms with van der Waals surface area (Å²) in [4.78, 5) is 8.72. The largest absolute Gasteiger partial charge is 0.416 e. The van der Waals surface area contributed by atoms with Crippen LogP contribution in [0, 0.1) is 13.8 Å². The third kappa shape index (κ3) is 2.59. The monoisotopic (exact) mass is 266 g/mol. The molecular formula is C10H14N6OS. The van der Waals surface area contributed by atoms with Crippen molar-refractivity contribution in [2.75, 3.05) is 5.43 Å². The van der Waals surface area contributed by atoms with Gasteiger partial charge in [0.1, 0.15) is 16.7 Å². The van der Waals surface area contributed by atoms with Crippen LogP contribution in [0.2, 0.25) is 0 Å². The highest BCUT2D eigenvalue weighted by Crippen LogP contribution is 2.30. The summed E-state index contributed by atoms with van der Waals surface area (Å²) in [6.45, 7) is 5.62. The maximum absolute atomic E-state index is 5.44. The number of rotatable bonds is 4. The summed E-state index contributed by atoms with van der Waals surface area (Å²) in [5.41, 5.74) is 3.43. The summed E-state index contributed by atoms with van der Waals surface area (Å²) >= 11 is 1.31.